The van der Waals surface area contributed by atoms with E-state index in [2.05, 4.69) is 20.9 Å². The van der Waals surface area contributed by atoms with Gasteiger partial charge in [0.1, 0.15) is 21.7 Å². The second-order valence-electron chi connectivity index (χ2n) is 9.09. The Morgan fingerprint density at radius 3 is 2.97 bits per heavy atom. The Balaban J connectivity index is 1.11. The van der Waals surface area contributed by atoms with Crippen LogP contribution < -0.4 is 20.7 Å². The van der Waals surface area contributed by atoms with E-state index in [1.54, 1.807) is 13.3 Å². The molecule has 9 heteroatoms. The van der Waals surface area contributed by atoms with Crippen molar-refractivity contribution in [3.63, 3.8) is 0 Å². The Morgan fingerprint density at radius 1 is 1.21 bits per heavy atom. The van der Waals surface area contributed by atoms with E-state index in [-0.39, 0.29) is 11.2 Å². The summed E-state index contributed by atoms with van der Waals surface area (Å²) in [4.78, 5) is 35.3. The zero-order valence-electron chi connectivity index (χ0n) is 19.0. The summed E-state index contributed by atoms with van der Waals surface area (Å²) in [5.41, 5.74) is 1.88. The molecule has 0 bridgehead atoms. The molecule has 1 saturated heterocycles. The van der Waals surface area contributed by atoms with E-state index in [4.69, 9.17) is 9.47 Å². The van der Waals surface area contributed by atoms with Crippen molar-refractivity contribution in [2.24, 2.45) is 5.92 Å². The number of nitrogens with zero attached hydrogens (tertiary/aromatic N) is 3. The number of benzene rings is 1. The molecule has 0 saturated carbocycles. The molecule has 0 radical (unpaired) electrons. The number of thiophene rings is 1. The van der Waals surface area contributed by atoms with Gasteiger partial charge in [0, 0.05) is 43.2 Å². The standard InChI is InChI=1S/C25H26N4O4S/c1-32-16-6-7-19-17(11-16)18-13-28(12-15(18)14-33-19)9-2-3-10-29-24(30)23-22(27-25(29)31)21-20(34-23)5-4-8-26-21/h4-8,11,15,18H,2-3,9-10,12-14H2,1H3,(H,27,31)/t15-,18-/m1/s1. The van der Waals surface area contributed by atoms with E-state index in [9.17, 15) is 9.59 Å². The number of H-pyrrole nitrogens is 1. The molecule has 4 aromatic rings. The summed E-state index contributed by atoms with van der Waals surface area (Å²) in [5.74, 6) is 2.76. The highest BCUT2D eigenvalue weighted by Gasteiger charge is 2.38. The molecule has 176 valence electrons. The predicted octanol–water partition coefficient (Wildman–Crippen LogP) is 3.20. The van der Waals surface area contributed by atoms with E-state index in [1.165, 1.54) is 21.5 Å². The number of fused-ring (bicyclic) bond motifs is 6. The number of rotatable bonds is 6. The molecule has 5 heterocycles. The molecular formula is C25H26N4O4S. The van der Waals surface area contributed by atoms with Crippen LogP contribution in [0.2, 0.25) is 0 Å². The lowest BCUT2D eigenvalue weighted by Gasteiger charge is -2.28. The number of pyridine rings is 1. The third kappa shape index (κ3) is 3.59. The maximum absolute atomic E-state index is 13.0. The second kappa shape index (κ2) is 8.56. The summed E-state index contributed by atoms with van der Waals surface area (Å²) in [7, 11) is 1.69. The van der Waals surface area contributed by atoms with Crippen LogP contribution in [0.3, 0.4) is 0 Å². The largest absolute Gasteiger partial charge is 0.497 e. The van der Waals surface area contributed by atoms with Crippen LogP contribution >= 0.6 is 11.3 Å². The normalized spacial score (nSPS) is 19.8. The fourth-order valence-electron chi connectivity index (χ4n) is 5.33. The predicted molar refractivity (Wildman–Crippen MR) is 132 cm³/mol. The van der Waals surface area contributed by atoms with Gasteiger partial charge in [0.25, 0.3) is 5.56 Å². The monoisotopic (exact) mass is 478 g/mol. The number of nitrogens with one attached hydrogen (secondary N) is 1. The van der Waals surface area contributed by atoms with Crippen LogP contribution in [0.1, 0.15) is 24.3 Å². The Hall–Kier alpha value is -3.17. The molecule has 8 nitrogen and oxygen atoms in total. The molecule has 6 rings (SSSR count). The maximum Gasteiger partial charge on any atom is 0.328 e. The van der Waals surface area contributed by atoms with Gasteiger partial charge in [-0.1, -0.05) is 0 Å². The van der Waals surface area contributed by atoms with Gasteiger partial charge in [-0.05, 0) is 49.7 Å². The van der Waals surface area contributed by atoms with Gasteiger partial charge in [0.05, 0.1) is 23.9 Å². The van der Waals surface area contributed by atoms with E-state index < -0.39 is 0 Å². The molecule has 2 aliphatic heterocycles. The van der Waals surface area contributed by atoms with E-state index in [0.717, 1.165) is 55.3 Å². The number of methoxy groups -OCH3 is 1. The minimum Gasteiger partial charge on any atom is -0.497 e. The highest BCUT2D eigenvalue weighted by Crippen LogP contribution is 2.43. The van der Waals surface area contributed by atoms with Gasteiger partial charge in [0.2, 0.25) is 0 Å². The zero-order chi connectivity index (χ0) is 23.2. The van der Waals surface area contributed by atoms with Crippen LogP contribution in [0, 0.1) is 5.92 Å². The number of ether oxygens (including phenoxy) is 2. The molecule has 2 aliphatic rings. The smallest absolute Gasteiger partial charge is 0.328 e. The fourth-order valence-corrected chi connectivity index (χ4v) is 6.39. The van der Waals surface area contributed by atoms with Crippen LogP contribution in [0.5, 0.6) is 11.5 Å². The molecule has 0 unspecified atom stereocenters. The molecule has 3 aromatic heterocycles. The fraction of sp³-hybridized carbons (Fsp3) is 0.400. The summed E-state index contributed by atoms with van der Waals surface area (Å²) < 4.78 is 14.2. The van der Waals surface area contributed by atoms with E-state index in [0.29, 0.717) is 34.1 Å². The lowest BCUT2D eigenvalue weighted by atomic mass is 9.87. The summed E-state index contributed by atoms with van der Waals surface area (Å²) >= 11 is 1.38. The first-order valence-electron chi connectivity index (χ1n) is 11.7. The first kappa shape index (κ1) is 21.4. The van der Waals surface area contributed by atoms with Crippen molar-refractivity contribution in [3.05, 3.63) is 62.9 Å². The number of unbranched alkanes of at least 4 members (excludes halogenated alkanes) is 1. The minimum atomic E-state index is -0.363. The highest BCUT2D eigenvalue weighted by atomic mass is 32.1. The molecular weight excluding hydrogens is 452 g/mol. The topological polar surface area (TPSA) is 89.5 Å². The van der Waals surface area contributed by atoms with Crippen LogP contribution in [0.15, 0.2) is 46.1 Å². The molecule has 34 heavy (non-hydrogen) atoms. The van der Waals surface area contributed by atoms with Crippen molar-refractivity contribution < 1.29 is 9.47 Å². The summed E-state index contributed by atoms with van der Waals surface area (Å²) in [5, 5.41) is 0. The van der Waals surface area contributed by atoms with Crippen molar-refractivity contribution >= 4 is 31.8 Å². The summed E-state index contributed by atoms with van der Waals surface area (Å²) in [6.45, 7) is 4.09. The third-order valence-corrected chi connectivity index (χ3v) is 8.19. The number of aromatic nitrogens is 3. The SMILES string of the molecule is COc1ccc2c(c1)[C@@H]1CN(CCCCn3c(=O)[nH]c4c(sc5cccnc54)c3=O)C[C@@H]1CO2. The van der Waals surface area contributed by atoms with Crippen LogP contribution in [-0.4, -0.2) is 52.8 Å². The van der Waals surface area contributed by atoms with Gasteiger partial charge < -0.3 is 19.4 Å². The summed E-state index contributed by atoms with van der Waals surface area (Å²) in [6, 6.07) is 9.81. The Bertz CT molecular complexity index is 1490. The van der Waals surface area contributed by atoms with Gasteiger partial charge in [-0.2, -0.15) is 0 Å². The molecule has 1 aromatic carbocycles. The lowest BCUT2D eigenvalue weighted by molar-refractivity contribution is 0.212. The van der Waals surface area contributed by atoms with Gasteiger partial charge in [-0.3, -0.25) is 14.3 Å². The van der Waals surface area contributed by atoms with Crippen LogP contribution in [0.25, 0.3) is 20.4 Å². The summed E-state index contributed by atoms with van der Waals surface area (Å²) in [6.07, 6.45) is 3.36. The quantitative estimate of drug-likeness (QED) is 0.428. The molecule has 0 aliphatic carbocycles. The van der Waals surface area contributed by atoms with Gasteiger partial charge in [-0.25, -0.2) is 4.79 Å². The minimum absolute atomic E-state index is 0.225. The average Bonchev–Trinajstić information content (AvgIpc) is 3.45. The Morgan fingerprint density at radius 2 is 2.09 bits per heavy atom. The Kier molecular flexibility index (Phi) is 5.38. The highest BCUT2D eigenvalue weighted by molar-refractivity contribution is 7.25. The number of hydrogen-bond acceptors (Lipinski definition) is 7. The third-order valence-electron chi connectivity index (χ3n) is 7.06. The Labute approximate surface area is 199 Å². The molecule has 1 fully saturated rings. The maximum atomic E-state index is 13.0. The van der Waals surface area contributed by atoms with Crippen molar-refractivity contribution in [3.8, 4) is 11.5 Å². The van der Waals surface area contributed by atoms with Crippen molar-refractivity contribution in [1.82, 2.24) is 19.4 Å². The van der Waals surface area contributed by atoms with Crippen LogP contribution in [-0.2, 0) is 6.54 Å². The first-order valence-corrected chi connectivity index (χ1v) is 12.5. The average molecular weight is 479 g/mol. The van der Waals surface area contributed by atoms with Gasteiger partial charge >= 0.3 is 5.69 Å². The molecule has 2 atom stereocenters. The molecule has 0 spiro atoms. The van der Waals surface area contributed by atoms with Crippen molar-refractivity contribution in [2.45, 2.75) is 25.3 Å². The second-order valence-corrected chi connectivity index (χ2v) is 10.1. The number of hydrogen-bond donors (Lipinski definition) is 1. The lowest BCUT2D eigenvalue weighted by Crippen LogP contribution is -2.34. The van der Waals surface area contributed by atoms with Crippen molar-refractivity contribution in [2.75, 3.05) is 33.4 Å². The van der Waals surface area contributed by atoms with E-state index >= 15 is 0 Å². The first-order chi connectivity index (χ1) is 16.6. The number of likely N-dealkylation sites (tertiary alicyclic amines) is 1. The molecule has 0 amide bonds. The van der Waals surface area contributed by atoms with Crippen LogP contribution in [0.4, 0.5) is 0 Å². The van der Waals surface area contributed by atoms with E-state index in [1.807, 2.05) is 24.3 Å². The van der Waals surface area contributed by atoms with Gasteiger partial charge in [0.15, 0.2) is 0 Å². The zero-order valence-corrected chi connectivity index (χ0v) is 19.8. The van der Waals surface area contributed by atoms with Crippen molar-refractivity contribution in [1.29, 1.82) is 0 Å². The molecule has 1 N–H and O–H groups in total. The van der Waals surface area contributed by atoms with Gasteiger partial charge in [-0.15, -0.1) is 11.3 Å². The number of aromatic amines is 1.